The van der Waals surface area contributed by atoms with Crippen LogP contribution in [0.15, 0.2) is 24.3 Å². The van der Waals surface area contributed by atoms with Crippen molar-refractivity contribution < 1.29 is 9.90 Å². The molecule has 0 bridgehead atoms. The van der Waals surface area contributed by atoms with Crippen LogP contribution < -0.4 is 5.32 Å². The molecular weight excluding hydrogens is 292 g/mol. The van der Waals surface area contributed by atoms with E-state index in [-0.39, 0.29) is 6.03 Å². The van der Waals surface area contributed by atoms with Gasteiger partial charge in [0.15, 0.2) is 0 Å². The molecule has 2 fully saturated rings. The van der Waals surface area contributed by atoms with E-state index in [1.54, 1.807) is 4.90 Å². The maximum Gasteiger partial charge on any atom is 0.317 e. The number of benzene rings is 1. The lowest BCUT2D eigenvalue weighted by atomic mass is 9.89. The summed E-state index contributed by atoms with van der Waals surface area (Å²) < 4.78 is 2.12. The second-order valence-corrected chi connectivity index (χ2v) is 6.77. The Balaban J connectivity index is 1.31. The maximum absolute atomic E-state index is 12.1. The molecule has 6 nitrogen and oxygen atoms in total. The van der Waals surface area contributed by atoms with Gasteiger partial charge >= 0.3 is 6.03 Å². The molecule has 2 heterocycles. The standard InChI is InChI=1S/C17H22N4O2/c1-12-19-14-4-2-3-5-15(14)21(12)9-8-18-16(22)20-10-17(23,11-20)13-6-7-13/h2-5,13,23H,6-11H2,1H3,(H,18,22). The third-order valence-corrected chi connectivity index (χ3v) is 5.01. The first-order valence-corrected chi connectivity index (χ1v) is 8.24. The van der Waals surface area contributed by atoms with Crippen molar-refractivity contribution in [3.63, 3.8) is 0 Å². The summed E-state index contributed by atoms with van der Waals surface area (Å²) in [5, 5.41) is 13.2. The van der Waals surface area contributed by atoms with Crippen LogP contribution in [-0.4, -0.2) is 50.8 Å². The summed E-state index contributed by atoms with van der Waals surface area (Å²) in [4.78, 5) is 18.3. The van der Waals surface area contributed by atoms with Gasteiger partial charge in [0.2, 0.25) is 0 Å². The van der Waals surface area contributed by atoms with Gasteiger partial charge in [0, 0.05) is 13.1 Å². The van der Waals surface area contributed by atoms with Crippen molar-refractivity contribution >= 4 is 17.1 Å². The molecule has 2 aromatic rings. The molecule has 2 N–H and O–H groups in total. The molecule has 4 rings (SSSR count). The van der Waals surface area contributed by atoms with Gasteiger partial charge in [-0.15, -0.1) is 0 Å². The van der Waals surface area contributed by atoms with E-state index in [1.807, 2.05) is 31.2 Å². The van der Waals surface area contributed by atoms with Crippen LogP contribution in [0.25, 0.3) is 11.0 Å². The van der Waals surface area contributed by atoms with E-state index in [9.17, 15) is 9.90 Å². The number of rotatable bonds is 4. The smallest absolute Gasteiger partial charge is 0.317 e. The highest BCUT2D eigenvalue weighted by molar-refractivity contribution is 5.76. The lowest BCUT2D eigenvalue weighted by molar-refractivity contribution is -0.0917. The van der Waals surface area contributed by atoms with E-state index < -0.39 is 5.60 Å². The minimum atomic E-state index is -0.617. The Morgan fingerprint density at radius 3 is 2.87 bits per heavy atom. The van der Waals surface area contributed by atoms with E-state index in [0.29, 0.717) is 32.1 Å². The molecule has 23 heavy (non-hydrogen) atoms. The van der Waals surface area contributed by atoms with Crippen LogP contribution in [0.2, 0.25) is 0 Å². The summed E-state index contributed by atoms with van der Waals surface area (Å²) in [5.41, 5.74) is 1.45. The summed E-state index contributed by atoms with van der Waals surface area (Å²) in [6, 6.07) is 7.93. The quantitative estimate of drug-likeness (QED) is 0.899. The van der Waals surface area contributed by atoms with Crippen molar-refractivity contribution in [3.8, 4) is 0 Å². The van der Waals surface area contributed by atoms with Gasteiger partial charge < -0.3 is 19.9 Å². The number of aromatic nitrogens is 2. The van der Waals surface area contributed by atoms with Gasteiger partial charge in [-0.05, 0) is 37.8 Å². The lowest BCUT2D eigenvalue weighted by Crippen LogP contribution is -2.66. The number of fused-ring (bicyclic) bond motifs is 1. The van der Waals surface area contributed by atoms with Crippen LogP contribution in [-0.2, 0) is 6.54 Å². The Morgan fingerprint density at radius 1 is 1.39 bits per heavy atom. The first kappa shape index (κ1) is 14.5. The number of hydrogen-bond donors (Lipinski definition) is 2. The predicted octanol–water partition coefficient (Wildman–Crippen LogP) is 1.51. The molecule has 122 valence electrons. The number of β-amino-alcohol motifs (C(OH)–C–C–N with tert-alkyl or cyclic N) is 1. The van der Waals surface area contributed by atoms with Crippen LogP contribution >= 0.6 is 0 Å². The van der Waals surface area contributed by atoms with Gasteiger partial charge in [-0.2, -0.15) is 0 Å². The second-order valence-electron chi connectivity index (χ2n) is 6.77. The van der Waals surface area contributed by atoms with Gasteiger partial charge in [0.25, 0.3) is 0 Å². The Labute approximate surface area is 135 Å². The highest BCUT2D eigenvalue weighted by atomic mass is 16.3. The summed E-state index contributed by atoms with van der Waals surface area (Å²) >= 11 is 0. The molecule has 1 aliphatic heterocycles. The maximum atomic E-state index is 12.1. The first-order chi connectivity index (χ1) is 11.1. The number of carbonyl (C=O) groups is 1. The van der Waals surface area contributed by atoms with E-state index in [1.165, 1.54) is 0 Å². The van der Waals surface area contributed by atoms with Crippen molar-refractivity contribution in [2.75, 3.05) is 19.6 Å². The number of nitrogens with one attached hydrogen (secondary N) is 1. The van der Waals surface area contributed by atoms with E-state index in [4.69, 9.17) is 0 Å². The first-order valence-electron chi connectivity index (χ1n) is 8.24. The number of para-hydroxylation sites is 2. The zero-order chi connectivity index (χ0) is 16.0. The van der Waals surface area contributed by atoms with Gasteiger partial charge in [-0.1, -0.05) is 12.1 Å². The zero-order valence-electron chi connectivity index (χ0n) is 13.3. The SMILES string of the molecule is Cc1nc2ccccc2n1CCNC(=O)N1CC(O)(C2CC2)C1. The van der Waals surface area contributed by atoms with Gasteiger partial charge in [-0.25, -0.2) is 9.78 Å². The summed E-state index contributed by atoms with van der Waals surface area (Å²) in [6.45, 7) is 4.16. The number of hydrogen-bond acceptors (Lipinski definition) is 3. The number of likely N-dealkylation sites (tertiary alicyclic amines) is 1. The molecule has 2 aliphatic rings. The number of urea groups is 1. The zero-order valence-corrected chi connectivity index (χ0v) is 13.3. The fourth-order valence-electron chi connectivity index (χ4n) is 3.50. The third kappa shape index (κ3) is 2.57. The van der Waals surface area contributed by atoms with Crippen LogP contribution in [0.4, 0.5) is 4.79 Å². The summed E-state index contributed by atoms with van der Waals surface area (Å²) in [5.74, 6) is 1.36. The molecule has 1 aliphatic carbocycles. The molecule has 0 spiro atoms. The van der Waals surface area contributed by atoms with E-state index >= 15 is 0 Å². The number of imidazole rings is 1. The Hall–Kier alpha value is -2.08. The summed E-state index contributed by atoms with van der Waals surface area (Å²) in [7, 11) is 0. The number of nitrogens with zero attached hydrogens (tertiary/aromatic N) is 3. The van der Waals surface area contributed by atoms with Crippen molar-refractivity contribution in [3.05, 3.63) is 30.1 Å². The monoisotopic (exact) mass is 314 g/mol. The highest BCUT2D eigenvalue weighted by Crippen LogP contribution is 2.44. The van der Waals surface area contributed by atoms with Gasteiger partial charge in [0.1, 0.15) is 11.4 Å². The molecular formula is C17H22N4O2. The van der Waals surface area contributed by atoms with Crippen LogP contribution in [0, 0.1) is 12.8 Å². The number of amides is 2. The van der Waals surface area contributed by atoms with Crippen molar-refractivity contribution in [1.82, 2.24) is 19.8 Å². The van der Waals surface area contributed by atoms with Crippen molar-refractivity contribution in [1.29, 1.82) is 0 Å². The molecule has 1 aromatic carbocycles. The average molecular weight is 314 g/mol. The molecule has 2 amide bonds. The second kappa shape index (κ2) is 5.23. The molecule has 0 atom stereocenters. The normalized spacial score (nSPS) is 19.7. The van der Waals surface area contributed by atoms with Crippen LogP contribution in [0.5, 0.6) is 0 Å². The molecule has 1 saturated carbocycles. The number of aryl methyl sites for hydroxylation is 1. The fraction of sp³-hybridized carbons (Fsp3) is 0.529. The molecule has 0 radical (unpaired) electrons. The highest BCUT2D eigenvalue weighted by Gasteiger charge is 2.53. The number of aliphatic hydroxyl groups is 1. The van der Waals surface area contributed by atoms with Gasteiger partial charge in [0.05, 0.1) is 24.1 Å². The molecule has 0 unspecified atom stereocenters. The van der Waals surface area contributed by atoms with E-state index in [0.717, 1.165) is 29.7 Å². The topological polar surface area (TPSA) is 70.4 Å². The van der Waals surface area contributed by atoms with Gasteiger partial charge in [-0.3, -0.25) is 0 Å². The van der Waals surface area contributed by atoms with Crippen molar-refractivity contribution in [2.24, 2.45) is 5.92 Å². The molecule has 1 saturated heterocycles. The predicted molar refractivity (Wildman–Crippen MR) is 87.1 cm³/mol. The largest absolute Gasteiger partial charge is 0.386 e. The Bertz CT molecular complexity index is 744. The Kier molecular flexibility index (Phi) is 3.30. The minimum Gasteiger partial charge on any atom is -0.386 e. The molecule has 1 aromatic heterocycles. The fourth-order valence-corrected chi connectivity index (χ4v) is 3.50. The molecule has 6 heteroatoms. The van der Waals surface area contributed by atoms with Crippen LogP contribution in [0.1, 0.15) is 18.7 Å². The third-order valence-electron chi connectivity index (χ3n) is 5.01. The average Bonchev–Trinajstić information content (AvgIpc) is 3.30. The Morgan fingerprint density at radius 2 is 2.13 bits per heavy atom. The van der Waals surface area contributed by atoms with Crippen LogP contribution in [0.3, 0.4) is 0 Å². The lowest BCUT2D eigenvalue weighted by Gasteiger charge is -2.46. The number of carbonyl (C=O) groups excluding carboxylic acids is 1. The van der Waals surface area contributed by atoms with Crippen molar-refractivity contribution in [2.45, 2.75) is 31.9 Å². The minimum absolute atomic E-state index is 0.0857. The van der Waals surface area contributed by atoms with E-state index in [2.05, 4.69) is 14.9 Å². The summed E-state index contributed by atoms with van der Waals surface area (Å²) in [6.07, 6.45) is 2.19.